The van der Waals surface area contributed by atoms with Gasteiger partial charge in [0.1, 0.15) is 6.33 Å². The Morgan fingerprint density at radius 2 is 1.85 bits per heavy atom. The summed E-state index contributed by atoms with van der Waals surface area (Å²) >= 11 is 0. The molecule has 2 aromatic carbocycles. The average Bonchev–Trinajstić information content (AvgIpc) is 3.42. The lowest BCUT2D eigenvalue weighted by Crippen LogP contribution is -2.27. The molecule has 0 unspecified atom stereocenters. The highest BCUT2D eigenvalue weighted by Crippen LogP contribution is 2.13. The zero-order valence-corrected chi connectivity index (χ0v) is 14.4. The molecule has 0 atom stereocenters. The first-order valence-corrected chi connectivity index (χ1v) is 8.51. The van der Waals surface area contributed by atoms with E-state index in [4.69, 9.17) is 0 Å². The summed E-state index contributed by atoms with van der Waals surface area (Å²) in [6, 6.07) is 17.2. The molecule has 1 amide bonds. The second-order valence-corrected chi connectivity index (χ2v) is 5.89. The molecule has 0 fully saturated rings. The minimum Gasteiger partial charge on any atom is -0.352 e. The van der Waals surface area contributed by atoms with Crippen LogP contribution in [0.15, 0.2) is 73.3 Å². The zero-order chi connectivity index (χ0) is 18.5. The normalized spacial score (nSPS) is 10.7. The summed E-state index contributed by atoms with van der Waals surface area (Å²) in [5.41, 5.74) is 3.31. The lowest BCUT2D eigenvalue weighted by molar-refractivity contribution is 0.0954. The highest BCUT2D eigenvalue weighted by Gasteiger charge is 2.12. The molecule has 1 N–H and O–H groups in total. The molecule has 0 aliphatic rings. The summed E-state index contributed by atoms with van der Waals surface area (Å²) in [6.07, 6.45) is 5.85. The number of tetrazole rings is 1. The van der Waals surface area contributed by atoms with E-state index in [1.165, 1.54) is 11.0 Å². The maximum Gasteiger partial charge on any atom is 0.253 e. The van der Waals surface area contributed by atoms with Crippen molar-refractivity contribution in [3.63, 3.8) is 0 Å². The number of carbonyl (C=O) groups excluding carboxylic acids is 1. The van der Waals surface area contributed by atoms with Crippen LogP contribution in [0.1, 0.15) is 15.9 Å². The van der Waals surface area contributed by atoms with Gasteiger partial charge in [0.15, 0.2) is 0 Å². The predicted octanol–water partition coefficient (Wildman–Crippen LogP) is 1.82. The lowest BCUT2D eigenvalue weighted by atomic mass is 10.1. The van der Waals surface area contributed by atoms with E-state index in [9.17, 15) is 4.79 Å². The molecule has 4 rings (SSSR count). The van der Waals surface area contributed by atoms with Crippen molar-refractivity contribution in [1.82, 2.24) is 35.3 Å². The fourth-order valence-electron chi connectivity index (χ4n) is 2.79. The minimum absolute atomic E-state index is 0.158. The maximum atomic E-state index is 12.6. The van der Waals surface area contributed by atoms with E-state index in [0.29, 0.717) is 17.8 Å². The number of amides is 1. The number of benzene rings is 2. The molecule has 8 nitrogen and oxygen atoms in total. The monoisotopic (exact) mass is 359 g/mol. The molecular formula is C19H17N7O. The molecule has 4 aromatic rings. The molecule has 8 heteroatoms. The lowest BCUT2D eigenvalue weighted by Gasteiger charge is -2.09. The van der Waals surface area contributed by atoms with Crippen LogP contribution in [0.5, 0.6) is 0 Å². The van der Waals surface area contributed by atoms with Gasteiger partial charge in [-0.25, -0.2) is 4.68 Å². The Balaban J connectivity index is 1.38. The molecule has 0 bridgehead atoms. The fourth-order valence-corrected chi connectivity index (χ4v) is 2.79. The van der Waals surface area contributed by atoms with Gasteiger partial charge in [-0.1, -0.05) is 24.3 Å². The van der Waals surface area contributed by atoms with Gasteiger partial charge in [0.2, 0.25) is 0 Å². The number of para-hydroxylation sites is 1. The standard InChI is InChI=1S/C19H17N7O/c27-19(17-4-1-2-5-18(17)26-14-21-23-24-26)20-12-10-15-6-8-16(9-7-15)25-13-3-11-22-25/h1-9,11,13-14H,10,12H2,(H,20,27). The average molecular weight is 359 g/mol. The van der Waals surface area contributed by atoms with Gasteiger partial charge in [0, 0.05) is 18.9 Å². The van der Waals surface area contributed by atoms with Crippen LogP contribution in [-0.2, 0) is 6.42 Å². The Kier molecular flexibility index (Phi) is 4.69. The molecule has 134 valence electrons. The van der Waals surface area contributed by atoms with Gasteiger partial charge in [-0.05, 0) is 52.7 Å². The number of aromatic nitrogens is 6. The van der Waals surface area contributed by atoms with Crippen LogP contribution < -0.4 is 5.32 Å². The third-order valence-electron chi connectivity index (χ3n) is 4.15. The Bertz CT molecular complexity index is 1010. The molecule has 0 aliphatic carbocycles. The Morgan fingerprint density at radius 3 is 2.59 bits per heavy atom. The van der Waals surface area contributed by atoms with Gasteiger partial charge in [-0.3, -0.25) is 4.79 Å². The second kappa shape index (κ2) is 7.61. The van der Waals surface area contributed by atoms with E-state index < -0.39 is 0 Å². The molecule has 0 spiro atoms. The van der Waals surface area contributed by atoms with Crippen molar-refractivity contribution < 1.29 is 4.79 Å². The minimum atomic E-state index is -0.158. The summed E-state index contributed by atoms with van der Waals surface area (Å²) < 4.78 is 3.28. The summed E-state index contributed by atoms with van der Waals surface area (Å²) in [6.45, 7) is 0.532. The van der Waals surface area contributed by atoms with Crippen LogP contribution in [0.25, 0.3) is 11.4 Å². The Morgan fingerprint density at radius 1 is 1.00 bits per heavy atom. The summed E-state index contributed by atoms with van der Waals surface area (Å²) in [5.74, 6) is -0.158. The molecule has 27 heavy (non-hydrogen) atoms. The van der Waals surface area contributed by atoms with E-state index in [1.807, 2.05) is 53.3 Å². The number of nitrogens with one attached hydrogen (secondary N) is 1. The molecule has 0 aliphatic heterocycles. The number of hydrogen-bond acceptors (Lipinski definition) is 5. The topological polar surface area (TPSA) is 90.5 Å². The maximum absolute atomic E-state index is 12.6. The van der Waals surface area contributed by atoms with Gasteiger partial charge in [-0.15, -0.1) is 5.10 Å². The Hall–Kier alpha value is -3.81. The summed E-state index contributed by atoms with van der Waals surface area (Å²) in [5, 5.41) is 18.3. The van der Waals surface area contributed by atoms with Crippen molar-refractivity contribution in [2.24, 2.45) is 0 Å². The van der Waals surface area contributed by atoms with Crippen LogP contribution in [0.4, 0.5) is 0 Å². The van der Waals surface area contributed by atoms with E-state index in [-0.39, 0.29) is 5.91 Å². The number of nitrogens with zero attached hydrogens (tertiary/aromatic N) is 6. The van der Waals surface area contributed by atoms with E-state index in [2.05, 4.69) is 25.9 Å². The SMILES string of the molecule is O=C(NCCc1ccc(-n2cccn2)cc1)c1ccccc1-n1cnnn1. The van der Waals surface area contributed by atoms with Gasteiger partial charge in [0.25, 0.3) is 5.91 Å². The van der Waals surface area contributed by atoms with E-state index in [1.54, 1.807) is 18.3 Å². The van der Waals surface area contributed by atoms with E-state index in [0.717, 1.165) is 17.7 Å². The highest BCUT2D eigenvalue weighted by atomic mass is 16.1. The van der Waals surface area contributed by atoms with E-state index >= 15 is 0 Å². The number of rotatable bonds is 6. The van der Waals surface area contributed by atoms with Crippen molar-refractivity contribution >= 4 is 5.91 Å². The first-order valence-electron chi connectivity index (χ1n) is 8.51. The van der Waals surface area contributed by atoms with Crippen molar-refractivity contribution in [2.75, 3.05) is 6.54 Å². The number of hydrogen-bond donors (Lipinski definition) is 1. The van der Waals surface area contributed by atoms with Crippen LogP contribution in [0.2, 0.25) is 0 Å². The third kappa shape index (κ3) is 3.74. The largest absolute Gasteiger partial charge is 0.352 e. The van der Waals surface area contributed by atoms with Gasteiger partial charge in [-0.2, -0.15) is 9.78 Å². The smallest absolute Gasteiger partial charge is 0.253 e. The molecule has 0 radical (unpaired) electrons. The fraction of sp³-hybridized carbons (Fsp3) is 0.105. The predicted molar refractivity (Wildman–Crippen MR) is 98.8 cm³/mol. The molecule has 2 aromatic heterocycles. The third-order valence-corrected chi connectivity index (χ3v) is 4.15. The summed E-state index contributed by atoms with van der Waals surface area (Å²) in [4.78, 5) is 12.6. The first kappa shape index (κ1) is 16.6. The van der Waals surface area contributed by atoms with Crippen molar-refractivity contribution in [3.05, 3.63) is 84.4 Å². The zero-order valence-electron chi connectivity index (χ0n) is 14.4. The molecule has 2 heterocycles. The van der Waals surface area contributed by atoms with Gasteiger partial charge < -0.3 is 5.32 Å². The van der Waals surface area contributed by atoms with Crippen molar-refractivity contribution in [1.29, 1.82) is 0 Å². The van der Waals surface area contributed by atoms with Crippen LogP contribution in [-0.4, -0.2) is 42.4 Å². The first-order chi connectivity index (χ1) is 13.3. The molecule has 0 saturated heterocycles. The van der Waals surface area contributed by atoms with Crippen LogP contribution in [0.3, 0.4) is 0 Å². The van der Waals surface area contributed by atoms with Gasteiger partial charge in [0.05, 0.1) is 16.9 Å². The number of carbonyl (C=O) groups is 1. The molecule has 0 saturated carbocycles. The van der Waals surface area contributed by atoms with Crippen LogP contribution >= 0.6 is 0 Å². The van der Waals surface area contributed by atoms with Crippen molar-refractivity contribution in [2.45, 2.75) is 6.42 Å². The quantitative estimate of drug-likeness (QED) is 0.567. The Labute approximate surface area is 155 Å². The highest BCUT2D eigenvalue weighted by molar-refractivity contribution is 5.97. The van der Waals surface area contributed by atoms with Crippen LogP contribution in [0, 0.1) is 0 Å². The second-order valence-electron chi connectivity index (χ2n) is 5.89. The van der Waals surface area contributed by atoms with Gasteiger partial charge >= 0.3 is 0 Å². The van der Waals surface area contributed by atoms with Crippen molar-refractivity contribution in [3.8, 4) is 11.4 Å². The molecular weight excluding hydrogens is 342 g/mol. The summed E-state index contributed by atoms with van der Waals surface area (Å²) in [7, 11) is 0.